The highest BCUT2D eigenvalue weighted by Gasteiger charge is 2.28. The van der Waals surface area contributed by atoms with Gasteiger partial charge in [0.15, 0.2) is 0 Å². The molecule has 0 aliphatic carbocycles. The van der Waals surface area contributed by atoms with Crippen LogP contribution in [0.15, 0.2) is 15.7 Å². The average Bonchev–Trinajstić information content (AvgIpc) is 3.09. The van der Waals surface area contributed by atoms with Crippen LogP contribution in [-0.4, -0.2) is 78.3 Å². The van der Waals surface area contributed by atoms with Crippen molar-refractivity contribution in [2.45, 2.75) is 4.21 Å². The Labute approximate surface area is 146 Å². The van der Waals surface area contributed by atoms with Crippen molar-refractivity contribution in [2.24, 2.45) is 0 Å². The number of methoxy groups -OCH3 is 1. The molecule has 0 radical (unpaired) electrons. The molecule has 1 fully saturated rings. The topological polar surface area (TPSA) is 97.0 Å². The molecule has 0 saturated carbocycles. The first-order valence-corrected chi connectivity index (χ1v) is 10.0. The molecule has 1 amide bonds. The number of nitrogens with zero attached hydrogens (tertiary/aromatic N) is 1. The monoisotopic (exact) mass is 377 g/mol. The van der Waals surface area contributed by atoms with Gasteiger partial charge in [-0.25, -0.2) is 8.42 Å². The van der Waals surface area contributed by atoms with Crippen molar-refractivity contribution >= 4 is 27.3 Å². The van der Waals surface area contributed by atoms with Gasteiger partial charge in [0.1, 0.15) is 4.21 Å². The summed E-state index contributed by atoms with van der Waals surface area (Å²) in [5.41, 5.74) is 0.365. The van der Waals surface area contributed by atoms with Crippen LogP contribution in [0.4, 0.5) is 0 Å². The standard InChI is InChI=1S/C14H23N3O5S2/c1-21-7-4-15-2-3-16-14(18)12-10-13(23-11-12)24(19,20)17-5-8-22-9-6-17/h10-11,15H,2-9H2,1H3,(H,16,18). The fraction of sp³-hybridized carbons (Fsp3) is 0.643. The van der Waals surface area contributed by atoms with Crippen LogP contribution in [-0.2, 0) is 19.5 Å². The van der Waals surface area contributed by atoms with Gasteiger partial charge in [0.25, 0.3) is 15.9 Å². The summed E-state index contributed by atoms with van der Waals surface area (Å²) in [5, 5.41) is 7.44. The third kappa shape index (κ3) is 5.23. The van der Waals surface area contributed by atoms with Crippen molar-refractivity contribution in [3.05, 3.63) is 17.0 Å². The summed E-state index contributed by atoms with van der Waals surface area (Å²) < 4.78 is 36.7. The molecule has 1 aliphatic rings. The number of amides is 1. The van der Waals surface area contributed by atoms with Crippen LogP contribution in [0, 0.1) is 0 Å². The van der Waals surface area contributed by atoms with Crippen LogP contribution in [0.1, 0.15) is 10.4 Å². The predicted octanol–water partition coefficient (Wildman–Crippen LogP) is -0.265. The van der Waals surface area contributed by atoms with Crippen molar-refractivity contribution in [1.82, 2.24) is 14.9 Å². The number of hydrogen-bond acceptors (Lipinski definition) is 7. The molecule has 2 heterocycles. The molecule has 1 aromatic heterocycles. The lowest BCUT2D eigenvalue weighted by Crippen LogP contribution is -2.40. The van der Waals surface area contributed by atoms with Crippen molar-refractivity contribution in [1.29, 1.82) is 0 Å². The Morgan fingerprint density at radius 1 is 1.33 bits per heavy atom. The molecule has 0 unspecified atom stereocenters. The maximum absolute atomic E-state index is 12.5. The zero-order valence-electron chi connectivity index (χ0n) is 13.6. The van der Waals surface area contributed by atoms with Crippen LogP contribution in [0.5, 0.6) is 0 Å². The minimum atomic E-state index is -3.54. The number of ether oxygens (including phenoxy) is 2. The Hall–Kier alpha value is -1.04. The van der Waals surface area contributed by atoms with E-state index in [4.69, 9.17) is 9.47 Å². The lowest BCUT2D eigenvalue weighted by atomic mass is 10.3. The van der Waals surface area contributed by atoms with Gasteiger partial charge in [-0.05, 0) is 6.07 Å². The summed E-state index contributed by atoms with van der Waals surface area (Å²) in [6, 6.07) is 1.43. The molecule has 1 saturated heterocycles. The van der Waals surface area contributed by atoms with Crippen LogP contribution in [0.3, 0.4) is 0 Å². The van der Waals surface area contributed by atoms with E-state index < -0.39 is 10.0 Å². The van der Waals surface area contributed by atoms with Gasteiger partial charge in [0.2, 0.25) is 0 Å². The third-order valence-electron chi connectivity index (χ3n) is 3.47. The molecule has 1 aliphatic heterocycles. The van der Waals surface area contributed by atoms with Crippen molar-refractivity contribution in [3.63, 3.8) is 0 Å². The smallest absolute Gasteiger partial charge is 0.252 e. The van der Waals surface area contributed by atoms with E-state index in [2.05, 4.69) is 10.6 Å². The summed E-state index contributed by atoms with van der Waals surface area (Å²) in [5.74, 6) is -0.275. The van der Waals surface area contributed by atoms with Crippen molar-refractivity contribution in [3.8, 4) is 0 Å². The molecule has 136 valence electrons. The van der Waals surface area contributed by atoms with Crippen LogP contribution in [0.2, 0.25) is 0 Å². The van der Waals surface area contributed by atoms with Gasteiger partial charge in [-0.2, -0.15) is 4.31 Å². The summed E-state index contributed by atoms with van der Waals surface area (Å²) in [6.45, 7) is 3.89. The Morgan fingerprint density at radius 3 is 2.79 bits per heavy atom. The highest BCUT2D eigenvalue weighted by atomic mass is 32.2. The van der Waals surface area contributed by atoms with Gasteiger partial charge in [-0.1, -0.05) is 0 Å². The molecule has 0 bridgehead atoms. The molecule has 2 N–H and O–H groups in total. The van der Waals surface area contributed by atoms with Crippen LogP contribution < -0.4 is 10.6 Å². The van der Waals surface area contributed by atoms with E-state index in [1.54, 1.807) is 12.5 Å². The van der Waals surface area contributed by atoms with Crippen LogP contribution >= 0.6 is 11.3 Å². The van der Waals surface area contributed by atoms with Crippen molar-refractivity contribution in [2.75, 3.05) is 59.7 Å². The maximum atomic E-state index is 12.5. The summed E-state index contributed by atoms with van der Waals surface area (Å²) in [4.78, 5) is 12.1. The second kappa shape index (κ2) is 9.44. The predicted molar refractivity (Wildman–Crippen MR) is 91.0 cm³/mol. The second-order valence-electron chi connectivity index (χ2n) is 5.17. The van der Waals surface area contributed by atoms with Crippen molar-refractivity contribution < 1.29 is 22.7 Å². The fourth-order valence-electron chi connectivity index (χ4n) is 2.15. The summed E-state index contributed by atoms with van der Waals surface area (Å²) in [6.07, 6.45) is 0. The number of carbonyl (C=O) groups is 1. The first-order chi connectivity index (χ1) is 11.6. The zero-order chi connectivity index (χ0) is 17.4. The Morgan fingerprint density at radius 2 is 2.08 bits per heavy atom. The van der Waals surface area contributed by atoms with E-state index in [9.17, 15) is 13.2 Å². The minimum absolute atomic E-state index is 0.188. The molecule has 10 heteroatoms. The second-order valence-corrected chi connectivity index (χ2v) is 8.25. The number of morpholine rings is 1. The third-order valence-corrected chi connectivity index (χ3v) is 6.79. The highest BCUT2D eigenvalue weighted by Crippen LogP contribution is 2.24. The van der Waals surface area contributed by atoms with E-state index >= 15 is 0 Å². The number of carbonyl (C=O) groups excluding carboxylic acids is 1. The Bertz CT molecular complexity index is 626. The van der Waals surface area contributed by atoms with Gasteiger partial charge < -0.3 is 20.1 Å². The van der Waals surface area contributed by atoms with Crippen LogP contribution in [0.25, 0.3) is 0 Å². The van der Waals surface area contributed by atoms with E-state index in [0.29, 0.717) is 58.1 Å². The number of sulfonamides is 1. The first kappa shape index (κ1) is 19.3. The minimum Gasteiger partial charge on any atom is -0.383 e. The number of nitrogens with one attached hydrogen (secondary N) is 2. The lowest BCUT2D eigenvalue weighted by Gasteiger charge is -2.25. The molecule has 24 heavy (non-hydrogen) atoms. The van der Waals surface area contributed by atoms with E-state index in [0.717, 1.165) is 11.3 Å². The number of thiophene rings is 1. The summed E-state index contributed by atoms with van der Waals surface area (Å²) in [7, 11) is -1.92. The molecular weight excluding hydrogens is 354 g/mol. The van der Waals surface area contributed by atoms with Gasteiger partial charge in [0, 0.05) is 45.2 Å². The number of rotatable bonds is 9. The molecule has 0 aromatic carbocycles. The molecular formula is C14H23N3O5S2. The van der Waals surface area contributed by atoms with E-state index in [1.165, 1.54) is 10.4 Å². The molecule has 0 spiro atoms. The van der Waals surface area contributed by atoms with E-state index in [-0.39, 0.29) is 10.1 Å². The molecule has 2 rings (SSSR count). The lowest BCUT2D eigenvalue weighted by molar-refractivity contribution is 0.0731. The Kier molecular flexibility index (Phi) is 7.59. The SMILES string of the molecule is COCCNCCNC(=O)c1csc(S(=O)(=O)N2CCOCC2)c1. The molecule has 8 nitrogen and oxygen atoms in total. The van der Waals surface area contributed by atoms with E-state index in [1.807, 2.05) is 0 Å². The largest absolute Gasteiger partial charge is 0.383 e. The Balaban J connectivity index is 1.86. The molecule has 0 atom stereocenters. The molecule has 1 aromatic rings. The zero-order valence-corrected chi connectivity index (χ0v) is 15.2. The fourth-order valence-corrected chi connectivity index (χ4v) is 4.87. The van der Waals surface area contributed by atoms with Gasteiger partial charge >= 0.3 is 0 Å². The quantitative estimate of drug-likeness (QED) is 0.576. The number of hydrogen-bond donors (Lipinski definition) is 2. The maximum Gasteiger partial charge on any atom is 0.252 e. The summed E-state index contributed by atoms with van der Waals surface area (Å²) >= 11 is 1.07. The highest BCUT2D eigenvalue weighted by molar-refractivity contribution is 7.91. The van der Waals surface area contributed by atoms with Gasteiger partial charge in [0.05, 0.1) is 25.4 Å². The van der Waals surface area contributed by atoms with Gasteiger partial charge in [-0.15, -0.1) is 11.3 Å². The first-order valence-electron chi connectivity index (χ1n) is 7.70. The normalized spacial score (nSPS) is 16.2. The average molecular weight is 377 g/mol. The van der Waals surface area contributed by atoms with Gasteiger partial charge in [-0.3, -0.25) is 4.79 Å².